The first kappa shape index (κ1) is 59.8. The monoisotopic (exact) mass is 1290 g/mol. The fourth-order valence-electron chi connectivity index (χ4n) is 11.8. The molecule has 84 heavy (non-hydrogen) atoms. The quantitative estimate of drug-likeness (QED) is 0.162. The molecule has 3 aromatic heterocycles. The van der Waals surface area contributed by atoms with E-state index in [2.05, 4.69) is 304 Å². The van der Waals surface area contributed by atoms with Gasteiger partial charge in [0.25, 0.3) is 0 Å². The van der Waals surface area contributed by atoms with Crippen molar-refractivity contribution in [2.75, 3.05) is 0 Å². The van der Waals surface area contributed by atoms with E-state index in [1.165, 1.54) is 38.5 Å². The molecule has 432 valence electrons. The topological polar surface area (TPSA) is 55.9 Å². The number of pyridine rings is 1. The number of phenols is 1. The predicted octanol–water partition coefficient (Wildman–Crippen LogP) is 21.1. The Kier molecular flexibility index (Phi) is 15.2. The molecule has 8 aromatic carbocycles. The number of para-hydroxylation sites is 3. The minimum atomic E-state index is -0.352. The molecule has 11 aromatic rings. The maximum absolute atomic E-state index is 12.8. The average Bonchev–Trinajstić information content (AvgIpc) is 1.68. The predicted molar refractivity (Wildman–Crippen MR) is 353 cm³/mol. The molecular formula is C78H83N4OPt-. The number of fused-ring (bicyclic) bond motifs is 4. The summed E-state index contributed by atoms with van der Waals surface area (Å²) in [4.78, 5) is 11.0. The van der Waals surface area contributed by atoms with E-state index in [1.807, 2.05) is 6.20 Å². The van der Waals surface area contributed by atoms with E-state index >= 15 is 0 Å². The van der Waals surface area contributed by atoms with Crippen LogP contribution in [0, 0.1) is 6.07 Å². The summed E-state index contributed by atoms with van der Waals surface area (Å²) in [5.41, 5.74) is 21.0. The Hall–Kier alpha value is -7.33. The third-order valence-corrected chi connectivity index (χ3v) is 16.9. The van der Waals surface area contributed by atoms with Crippen LogP contribution in [0.3, 0.4) is 0 Å². The second-order valence-electron chi connectivity index (χ2n) is 29.4. The van der Waals surface area contributed by atoms with Gasteiger partial charge >= 0.3 is 0 Å². The van der Waals surface area contributed by atoms with Crippen molar-refractivity contribution in [2.45, 2.75) is 157 Å². The van der Waals surface area contributed by atoms with Gasteiger partial charge in [0.2, 0.25) is 0 Å². The van der Waals surface area contributed by atoms with Gasteiger partial charge in [-0.15, -0.1) is 29.3 Å². The Labute approximate surface area is 514 Å². The van der Waals surface area contributed by atoms with E-state index in [4.69, 9.17) is 9.97 Å². The number of rotatable bonds is 7. The second-order valence-corrected chi connectivity index (χ2v) is 29.4. The van der Waals surface area contributed by atoms with Crippen LogP contribution in [-0.2, 0) is 53.6 Å². The van der Waals surface area contributed by atoms with Crippen LogP contribution in [0.5, 0.6) is 5.75 Å². The molecule has 0 atom stereocenters. The average molecular weight is 1290 g/mol. The molecule has 0 fully saturated rings. The van der Waals surface area contributed by atoms with Gasteiger partial charge in [0.15, 0.2) is 0 Å². The number of nitrogens with zero attached hydrogens (tertiary/aromatic N) is 4. The van der Waals surface area contributed by atoms with Crippen LogP contribution in [0.25, 0.3) is 100 Å². The maximum Gasteiger partial charge on any atom is 0.148 e. The summed E-state index contributed by atoms with van der Waals surface area (Å²) in [5, 5.41) is 15.2. The number of hydrogen-bond donors (Lipinski definition) is 1. The van der Waals surface area contributed by atoms with Crippen molar-refractivity contribution in [1.82, 2.24) is 19.1 Å². The molecule has 3 heterocycles. The molecule has 0 radical (unpaired) electrons. The standard InChI is InChI=1S/C78H83N4O.Pt/c1-73(2,3)52-34-35-67(62(45-52)48-26-20-19-21-27-48)82-68-33-25-29-58(69(68)80-72(82)63-46-56(77(13,14)15)47-64(71(63)83)78(16,17)18)50-38-51(40-53(39-50)74(4,5)6)65-41-49(36-37-79-65)59-30-24-31-61-60-28-22-23-32-66(60)81(70(59)61)57-43-54(75(7,8)9)42-55(44-57)76(10,11)12;/h19-37,39-47,83H,1-18H3;/q-1;. The van der Waals surface area contributed by atoms with Gasteiger partial charge in [0.1, 0.15) is 11.6 Å². The summed E-state index contributed by atoms with van der Waals surface area (Å²) >= 11 is 0. The summed E-state index contributed by atoms with van der Waals surface area (Å²) in [5.74, 6) is 0.921. The van der Waals surface area contributed by atoms with Crippen molar-refractivity contribution >= 4 is 32.8 Å². The smallest absolute Gasteiger partial charge is 0.148 e. The molecule has 6 heteroatoms. The molecule has 0 aliphatic carbocycles. The SMILES string of the molecule is CC(C)(C)c1cc(-c2cc(-c3cccc4c5ccccc5n(-c5cc(C(C)(C)C)cc(C(C)(C)C)c5)c34)ccn2)[c-]c(-c2cccc3c2nc(-c2cc(C(C)(C)C)cc(C(C)(C)C)c2O)n3-c2ccc(C(C)(C)C)cc2-c2ccccc2)c1.[Pt]. The Morgan fingerprint density at radius 2 is 0.952 bits per heavy atom. The van der Waals surface area contributed by atoms with Gasteiger partial charge in [-0.3, -0.25) is 9.55 Å². The second kappa shape index (κ2) is 21.3. The third-order valence-electron chi connectivity index (χ3n) is 16.9. The first-order valence-electron chi connectivity index (χ1n) is 29.7. The molecule has 1 N–H and O–H groups in total. The number of phenolic OH excluding ortho intramolecular Hbond substituents is 1. The molecule has 11 rings (SSSR count). The molecular weight excluding hydrogens is 1200 g/mol. The maximum atomic E-state index is 12.8. The summed E-state index contributed by atoms with van der Waals surface area (Å²) < 4.78 is 4.79. The van der Waals surface area contributed by atoms with Crippen LogP contribution in [0.1, 0.15) is 158 Å². The van der Waals surface area contributed by atoms with Crippen molar-refractivity contribution in [1.29, 1.82) is 0 Å². The van der Waals surface area contributed by atoms with E-state index in [1.54, 1.807) is 0 Å². The number of imidazole rings is 1. The Bertz CT molecular complexity index is 4290. The van der Waals surface area contributed by atoms with Crippen LogP contribution >= 0.6 is 0 Å². The number of aromatic hydroxyl groups is 1. The van der Waals surface area contributed by atoms with Gasteiger partial charge in [-0.05, 0) is 114 Å². The van der Waals surface area contributed by atoms with Crippen molar-refractivity contribution < 1.29 is 26.2 Å². The summed E-state index contributed by atoms with van der Waals surface area (Å²) in [6.07, 6.45) is 1.96. The molecule has 0 saturated carbocycles. The molecule has 0 aliphatic heterocycles. The van der Waals surface area contributed by atoms with Crippen LogP contribution in [0.4, 0.5) is 0 Å². The first-order valence-corrected chi connectivity index (χ1v) is 29.7. The minimum Gasteiger partial charge on any atom is -0.507 e. The van der Waals surface area contributed by atoms with Crippen molar-refractivity contribution in [3.8, 4) is 73.2 Å². The zero-order valence-electron chi connectivity index (χ0n) is 52.7. The van der Waals surface area contributed by atoms with Gasteiger partial charge in [-0.1, -0.05) is 239 Å². The molecule has 0 aliphatic rings. The summed E-state index contributed by atoms with van der Waals surface area (Å²) in [6, 6.07) is 64.1. The fraction of sp³-hybridized carbons (Fsp3) is 0.308. The van der Waals surface area contributed by atoms with Gasteiger partial charge in [0, 0.05) is 66.1 Å². The van der Waals surface area contributed by atoms with Crippen LogP contribution in [0.2, 0.25) is 0 Å². The third kappa shape index (κ3) is 11.1. The first-order chi connectivity index (χ1) is 38.9. The van der Waals surface area contributed by atoms with E-state index in [0.717, 1.165) is 83.7 Å². The Morgan fingerprint density at radius 1 is 0.405 bits per heavy atom. The molecule has 0 bridgehead atoms. The number of benzene rings is 8. The van der Waals surface area contributed by atoms with Gasteiger partial charge < -0.3 is 9.67 Å². The van der Waals surface area contributed by atoms with Crippen LogP contribution in [0.15, 0.2) is 170 Å². The van der Waals surface area contributed by atoms with Crippen molar-refractivity contribution in [2.24, 2.45) is 0 Å². The van der Waals surface area contributed by atoms with E-state index in [0.29, 0.717) is 11.4 Å². The molecule has 0 amide bonds. The minimum absolute atomic E-state index is 0. The zero-order valence-corrected chi connectivity index (χ0v) is 55.0. The van der Waals surface area contributed by atoms with Crippen molar-refractivity contribution in [3.05, 3.63) is 209 Å². The molecule has 5 nitrogen and oxygen atoms in total. The molecule has 0 unspecified atom stereocenters. The zero-order chi connectivity index (χ0) is 59.5. The van der Waals surface area contributed by atoms with Gasteiger partial charge in [-0.25, -0.2) is 4.98 Å². The van der Waals surface area contributed by atoms with E-state index in [-0.39, 0.29) is 59.3 Å². The van der Waals surface area contributed by atoms with Gasteiger partial charge in [0.05, 0.1) is 33.3 Å². The van der Waals surface area contributed by atoms with Crippen LogP contribution < -0.4 is 0 Å². The number of aromatic nitrogens is 4. The number of hydrogen-bond acceptors (Lipinski definition) is 3. The Balaban J connectivity index is 0.00000786. The van der Waals surface area contributed by atoms with Crippen LogP contribution in [-0.4, -0.2) is 24.2 Å². The summed E-state index contributed by atoms with van der Waals surface area (Å²) in [7, 11) is 0. The Morgan fingerprint density at radius 3 is 1.60 bits per heavy atom. The normalized spacial score (nSPS) is 12.8. The van der Waals surface area contributed by atoms with E-state index < -0.39 is 0 Å². The fourth-order valence-corrected chi connectivity index (χ4v) is 11.8. The van der Waals surface area contributed by atoms with Crippen molar-refractivity contribution in [3.63, 3.8) is 0 Å². The summed E-state index contributed by atoms with van der Waals surface area (Å²) in [6.45, 7) is 40.7. The molecule has 0 spiro atoms. The largest absolute Gasteiger partial charge is 0.507 e. The van der Waals surface area contributed by atoms with E-state index in [9.17, 15) is 5.11 Å². The van der Waals surface area contributed by atoms with Gasteiger partial charge in [-0.2, -0.15) is 0 Å². The molecule has 0 saturated heterocycles.